The van der Waals surface area contributed by atoms with Crippen molar-refractivity contribution >= 4 is 11.7 Å². The fraction of sp³-hybridized carbons (Fsp3) is 0.0909. The Morgan fingerprint density at radius 1 is 1.53 bits per heavy atom. The van der Waals surface area contributed by atoms with Gasteiger partial charge >= 0.3 is 5.97 Å². The lowest BCUT2D eigenvalue weighted by Crippen LogP contribution is -1.98. The van der Waals surface area contributed by atoms with Gasteiger partial charge in [0.15, 0.2) is 5.69 Å². The Hall–Kier alpha value is -2.77. The summed E-state index contributed by atoms with van der Waals surface area (Å²) in [6.07, 6.45) is 0. The van der Waals surface area contributed by atoms with Crippen LogP contribution in [0.5, 0.6) is 0 Å². The van der Waals surface area contributed by atoms with Crippen molar-refractivity contribution in [2.45, 2.75) is 6.92 Å². The molecule has 0 fully saturated rings. The molecule has 0 amide bonds. The van der Waals surface area contributed by atoms with Crippen LogP contribution in [0.1, 0.15) is 16.2 Å². The van der Waals surface area contributed by atoms with Crippen molar-refractivity contribution in [3.05, 3.63) is 45.6 Å². The van der Waals surface area contributed by atoms with Gasteiger partial charge < -0.3 is 9.52 Å². The van der Waals surface area contributed by atoms with E-state index in [2.05, 4.69) is 4.98 Å². The highest BCUT2D eigenvalue weighted by atomic mass is 19.1. The molecular weight excluding hydrogens is 259 g/mol. The number of carboxylic acid groups (broad SMARTS) is 1. The van der Waals surface area contributed by atoms with Gasteiger partial charge in [-0.1, -0.05) is 0 Å². The van der Waals surface area contributed by atoms with Crippen LogP contribution >= 0.6 is 0 Å². The topological polar surface area (TPSA) is 106 Å². The monoisotopic (exact) mass is 266 g/mol. The van der Waals surface area contributed by atoms with Crippen LogP contribution in [-0.2, 0) is 0 Å². The first-order valence-corrected chi connectivity index (χ1v) is 5.05. The number of aryl methyl sites for hydroxylation is 1. The maximum absolute atomic E-state index is 13.0. The Balaban J connectivity index is 2.62. The highest BCUT2D eigenvalue weighted by Gasteiger charge is 2.23. The number of benzene rings is 1. The maximum Gasteiger partial charge on any atom is 0.358 e. The predicted molar refractivity (Wildman–Crippen MR) is 60.2 cm³/mol. The van der Waals surface area contributed by atoms with Crippen LogP contribution in [-0.4, -0.2) is 21.0 Å². The third kappa shape index (κ3) is 2.28. The molecule has 0 aliphatic heterocycles. The second-order valence-electron chi connectivity index (χ2n) is 3.65. The van der Waals surface area contributed by atoms with Crippen molar-refractivity contribution in [2.24, 2.45) is 0 Å². The number of carboxylic acids is 1. The van der Waals surface area contributed by atoms with Crippen molar-refractivity contribution < 1.29 is 23.6 Å². The average Bonchev–Trinajstić information content (AvgIpc) is 2.71. The number of hydrogen-bond donors (Lipinski definition) is 1. The van der Waals surface area contributed by atoms with Gasteiger partial charge in [-0.25, -0.2) is 14.2 Å². The Morgan fingerprint density at radius 3 is 2.74 bits per heavy atom. The SMILES string of the molecule is Cc1oc(-c2ccc(F)cc2[N+](=O)[O-])nc1C(=O)O. The lowest BCUT2D eigenvalue weighted by molar-refractivity contribution is -0.384. The minimum atomic E-state index is -1.31. The van der Waals surface area contributed by atoms with Crippen molar-refractivity contribution in [1.82, 2.24) is 4.98 Å². The number of aromatic nitrogens is 1. The zero-order valence-electron chi connectivity index (χ0n) is 9.58. The summed E-state index contributed by atoms with van der Waals surface area (Å²) < 4.78 is 18.1. The quantitative estimate of drug-likeness (QED) is 0.675. The Bertz CT molecular complexity index is 680. The first-order chi connectivity index (χ1) is 8.90. The number of oxazole rings is 1. The van der Waals surface area contributed by atoms with Crippen LogP contribution in [0.4, 0.5) is 10.1 Å². The van der Waals surface area contributed by atoms with E-state index in [0.29, 0.717) is 0 Å². The normalized spacial score (nSPS) is 10.4. The molecule has 0 saturated carbocycles. The fourth-order valence-electron chi connectivity index (χ4n) is 1.55. The summed E-state index contributed by atoms with van der Waals surface area (Å²) in [6.45, 7) is 1.37. The van der Waals surface area contributed by atoms with E-state index in [4.69, 9.17) is 9.52 Å². The zero-order chi connectivity index (χ0) is 14.2. The third-order valence-electron chi connectivity index (χ3n) is 2.39. The number of rotatable bonds is 3. The van der Waals surface area contributed by atoms with Crippen LogP contribution in [0.3, 0.4) is 0 Å². The van der Waals surface area contributed by atoms with Gasteiger partial charge in [0, 0.05) is 0 Å². The molecule has 0 spiro atoms. The minimum absolute atomic E-state index is 0.0149. The van der Waals surface area contributed by atoms with E-state index in [1.807, 2.05) is 0 Å². The molecule has 0 aliphatic rings. The number of nitro benzene ring substituents is 1. The van der Waals surface area contributed by atoms with Gasteiger partial charge in [0.05, 0.1) is 11.0 Å². The van der Waals surface area contributed by atoms with Gasteiger partial charge in [-0.15, -0.1) is 0 Å². The van der Waals surface area contributed by atoms with Gasteiger partial charge in [0.1, 0.15) is 17.1 Å². The second kappa shape index (κ2) is 4.48. The number of nitro groups is 1. The van der Waals surface area contributed by atoms with Crippen LogP contribution in [0.25, 0.3) is 11.5 Å². The molecule has 1 aromatic heterocycles. The van der Waals surface area contributed by atoms with Gasteiger partial charge in [-0.2, -0.15) is 0 Å². The van der Waals surface area contributed by atoms with Crippen LogP contribution in [0, 0.1) is 22.9 Å². The highest BCUT2D eigenvalue weighted by molar-refractivity contribution is 5.87. The molecule has 0 radical (unpaired) electrons. The Kier molecular flexibility index (Phi) is 2.99. The van der Waals surface area contributed by atoms with Gasteiger partial charge in [0.2, 0.25) is 5.89 Å². The molecule has 0 aliphatic carbocycles. The van der Waals surface area contributed by atoms with E-state index >= 15 is 0 Å². The summed E-state index contributed by atoms with van der Waals surface area (Å²) in [5.41, 5.74) is -0.964. The van der Waals surface area contributed by atoms with Crippen LogP contribution in [0.2, 0.25) is 0 Å². The molecule has 7 nitrogen and oxygen atoms in total. The first kappa shape index (κ1) is 12.7. The molecule has 2 rings (SSSR count). The Morgan fingerprint density at radius 2 is 2.21 bits per heavy atom. The first-order valence-electron chi connectivity index (χ1n) is 5.05. The standard InChI is InChI=1S/C11H7FN2O5/c1-5-9(11(15)16)13-10(19-5)7-3-2-6(12)4-8(7)14(17)18/h2-4H,1H3,(H,15,16). The molecule has 0 saturated heterocycles. The van der Waals surface area contributed by atoms with Crippen LogP contribution < -0.4 is 0 Å². The number of carbonyl (C=O) groups is 1. The minimum Gasteiger partial charge on any atom is -0.476 e. The third-order valence-corrected chi connectivity index (χ3v) is 2.39. The number of hydrogen-bond acceptors (Lipinski definition) is 5. The highest BCUT2D eigenvalue weighted by Crippen LogP contribution is 2.31. The zero-order valence-corrected chi connectivity index (χ0v) is 9.58. The molecule has 1 N–H and O–H groups in total. The molecule has 98 valence electrons. The predicted octanol–water partition coefficient (Wildman–Crippen LogP) is 2.40. The Labute approximate surface area is 105 Å². The summed E-state index contributed by atoms with van der Waals surface area (Å²) in [5, 5.41) is 19.7. The van der Waals surface area contributed by atoms with Crippen molar-refractivity contribution in [1.29, 1.82) is 0 Å². The molecule has 0 atom stereocenters. The van der Waals surface area contributed by atoms with Crippen molar-refractivity contribution in [2.75, 3.05) is 0 Å². The van der Waals surface area contributed by atoms with Gasteiger partial charge in [-0.3, -0.25) is 10.1 Å². The van der Waals surface area contributed by atoms with E-state index in [1.54, 1.807) is 0 Å². The second-order valence-corrected chi connectivity index (χ2v) is 3.65. The molecule has 2 aromatic rings. The number of nitrogens with zero attached hydrogens (tertiary/aromatic N) is 2. The van der Waals surface area contributed by atoms with Crippen molar-refractivity contribution in [3.63, 3.8) is 0 Å². The summed E-state index contributed by atoms with van der Waals surface area (Å²) in [7, 11) is 0. The van der Waals surface area contributed by atoms with E-state index in [0.717, 1.165) is 18.2 Å². The van der Waals surface area contributed by atoms with Crippen LogP contribution in [0.15, 0.2) is 22.6 Å². The smallest absolute Gasteiger partial charge is 0.358 e. The molecule has 19 heavy (non-hydrogen) atoms. The maximum atomic E-state index is 13.0. The summed E-state index contributed by atoms with van der Waals surface area (Å²) in [6, 6.07) is 2.84. The van der Waals surface area contributed by atoms with E-state index in [-0.39, 0.29) is 22.9 Å². The fourth-order valence-corrected chi connectivity index (χ4v) is 1.55. The van der Waals surface area contributed by atoms with Gasteiger partial charge in [-0.05, 0) is 19.1 Å². The lowest BCUT2D eigenvalue weighted by Gasteiger charge is -1.98. The number of aromatic carboxylic acids is 1. The molecule has 8 heteroatoms. The van der Waals surface area contributed by atoms with E-state index in [9.17, 15) is 19.3 Å². The largest absolute Gasteiger partial charge is 0.476 e. The van der Waals surface area contributed by atoms with Gasteiger partial charge in [0.25, 0.3) is 5.69 Å². The van der Waals surface area contributed by atoms with E-state index < -0.39 is 22.4 Å². The molecule has 1 aromatic carbocycles. The lowest BCUT2D eigenvalue weighted by atomic mass is 10.2. The molecular formula is C11H7FN2O5. The summed E-state index contributed by atoms with van der Waals surface area (Å²) in [5.74, 6) is -2.31. The molecule has 0 unspecified atom stereocenters. The average molecular weight is 266 g/mol. The number of halogens is 1. The molecule has 1 heterocycles. The summed E-state index contributed by atoms with van der Waals surface area (Å²) in [4.78, 5) is 24.5. The van der Waals surface area contributed by atoms with Crippen molar-refractivity contribution in [3.8, 4) is 11.5 Å². The van der Waals surface area contributed by atoms with E-state index in [1.165, 1.54) is 6.92 Å². The molecule has 0 bridgehead atoms. The summed E-state index contributed by atoms with van der Waals surface area (Å²) >= 11 is 0.